The SMILES string of the molecule is Cc1c(O)cccc1C(=O)N[C@H]([C@H](O)CN1C[C@@]2(C)CCCC[C@H]2C[C@H]1C(=O)NC(C)(C)C)[C@H](C)Sc1ccccc1. The Kier molecular flexibility index (Phi) is 10.3. The molecule has 4 N–H and O–H groups in total. The molecular weight excluding hydrogens is 546 g/mol. The number of carbonyl (C=O) groups is 2. The molecule has 0 radical (unpaired) electrons. The van der Waals surface area contributed by atoms with Gasteiger partial charge in [-0.05, 0) is 82.6 Å². The molecule has 0 unspecified atom stereocenters. The fourth-order valence-corrected chi connectivity index (χ4v) is 7.90. The number of phenols is 1. The minimum absolute atomic E-state index is 0.00463. The highest BCUT2D eigenvalue weighted by Crippen LogP contribution is 2.48. The van der Waals surface area contributed by atoms with Gasteiger partial charge in [-0.15, -0.1) is 11.8 Å². The van der Waals surface area contributed by atoms with Crippen LogP contribution in [0.2, 0.25) is 0 Å². The molecule has 1 heterocycles. The minimum Gasteiger partial charge on any atom is -0.508 e. The van der Waals surface area contributed by atoms with E-state index in [-0.39, 0.29) is 46.4 Å². The molecule has 0 aromatic heterocycles. The number of benzene rings is 2. The highest BCUT2D eigenvalue weighted by molar-refractivity contribution is 8.00. The summed E-state index contributed by atoms with van der Waals surface area (Å²) in [6.07, 6.45) is 4.50. The molecule has 2 amide bonds. The first-order valence-electron chi connectivity index (χ1n) is 15.3. The van der Waals surface area contributed by atoms with E-state index in [1.807, 2.05) is 58.0 Å². The van der Waals surface area contributed by atoms with Gasteiger partial charge in [-0.25, -0.2) is 0 Å². The van der Waals surface area contributed by atoms with Gasteiger partial charge >= 0.3 is 0 Å². The van der Waals surface area contributed by atoms with E-state index in [0.717, 1.165) is 30.7 Å². The number of fused-ring (bicyclic) bond motifs is 1. The number of nitrogens with zero attached hydrogens (tertiary/aromatic N) is 1. The van der Waals surface area contributed by atoms with Crippen molar-refractivity contribution in [3.63, 3.8) is 0 Å². The summed E-state index contributed by atoms with van der Waals surface area (Å²) in [6, 6.07) is 13.9. The van der Waals surface area contributed by atoms with E-state index in [1.54, 1.807) is 36.9 Å². The van der Waals surface area contributed by atoms with Crippen LogP contribution in [0.3, 0.4) is 0 Å². The van der Waals surface area contributed by atoms with Crippen molar-refractivity contribution in [2.24, 2.45) is 11.3 Å². The summed E-state index contributed by atoms with van der Waals surface area (Å²) in [5.74, 6) is 0.202. The van der Waals surface area contributed by atoms with Crippen LogP contribution >= 0.6 is 11.8 Å². The molecule has 1 aliphatic carbocycles. The first-order valence-corrected chi connectivity index (χ1v) is 16.2. The Hall–Kier alpha value is -2.55. The summed E-state index contributed by atoms with van der Waals surface area (Å²) >= 11 is 1.60. The van der Waals surface area contributed by atoms with Crippen LogP contribution in [0, 0.1) is 18.3 Å². The Balaban J connectivity index is 1.61. The molecule has 2 fully saturated rings. The highest BCUT2D eigenvalue weighted by atomic mass is 32.2. The zero-order valence-electron chi connectivity index (χ0n) is 26.0. The third kappa shape index (κ3) is 7.88. The maximum absolute atomic E-state index is 13.6. The lowest BCUT2D eigenvalue weighted by molar-refractivity contribution is -0.135. The molecule has 1 saturated carbocycles. The van der Waals surface area contributed by atoms with E-state index in [9.17, 15) is 19.8 Å². The van der Waals surface area contributed by atoms with Crippen molar-refractivity contribution in [2.75, 3.05) is 13.1 Å². The van der Waals surface area contributed by atoms with Crippen LogP contribution in [0.4, 0.5) is 0 Å². The number of carbonyl (C=O) groups excluding carboxylic acids is 2. The van der Waals surface area contributed by atoms with Gasteiger partial charge in [-0.3, -0.25) is 14.5 Å². The number of β-amino-alcohol motifs (C(OH)–C–C–N with tert-alkyl or cyclic N) is 1. The van der Waals surface area contributed by atoms with Gasteiger partial charge in [0, 0.05) is 39.9 Å². The second-order valence-electron chi connectivity index (χ2n) is 13.7. The normalized spacial score (nSPS) is 25.1. The van der Waals surface area contributed by atoms with Crippen LogP contribution in [-0.2, 0) is 4.79 Å². The molecule has 8 heteroatoms. The lowest BCUT2D eigenvalue weighted by Crippen LogP contribution is -2.63. The number of thioether (sulfide) groups is 1. The quantitative estimate of drug-likeness (QED) is 0.285. The number of likely N-dealkylation sites (tertiary alicyclic amines) is 1. The molecule has 2 aromatic carbocycles. The van der Waals surface area contributed by atoms with Crippen molar-refractivity contribution < 1.29 is 19.8 Å². The predicted octanol–water partition coefficient (Wildman–Crippen LogP) is 5.53. The van der Waals surface area contributed by atoms with E-state index in [1.165, 1.54) is 12.8 Å². The van der Waals surface area contributed by atoms with Gasteiger partial charge in [0.2, 0.25) is 5.91 Å². The van der Waals surface area contributed by atoms with E-state index in [2.05, 4.69) is 22.5 Å². The molecule has 6 atom stereocenters. The summed E-state index contributed by atoms with van der Waals surface area (Å²) < 4.78 is 0. The largest absolute Gasteiger partial charge is 0.508 e. The fourth-order valence-electron chi connectivity index (χ4n) is 6.76. The number of rotatable bonds is 9. The molecular formula is C34H49N3O4S. The minimum atomic E-state index is -0.925. The maximum Gasteiger partial charge on any atom is 0.252 e. The molecule has 7 nitrogen and oxygen atoms in total. The van der Waals surface area contributed by atoms with E-state index in [0.29, 0.717) is 17.0 Å². The van der Waals surface area contributed by atoms with Crippen molar-refractivity contribution >= 4 is 23.6 Å². The molecule has 2 aromatic rings. The molecule has 42 heavy (non-hydrogen) atoms. The first kappa shape index (κ1) is 32.4. The number of hydrogen-bond acceptors (Lipinski definition) is 6. The predicted molar refractivity (Wildman–Crippen MR) is 170 cm³/mol. The Morgan fingerprint density at radius 3 is 2.52 bits per heavy atom. The zero-order chi connectivity index (χ0) is 30.7. The molecule has 0 spiro atoms. The Labute approximate surface area is 255 Å². The number of piperidine rings is 1. The summed E-state index contributed by atoms with van der Waals surface area (Å²) in [6.45, 7) is 13.1. The number of aliphatic hydroxyl groups excluding tert-OH is 1. The van der Waals surface area contributed by atoms with Gasteiger partial charge in [0.25, 0.3) is 5.91 Å². The Bertz CT molecular complexity index is 1230. The molecule has 1 saturated heterocycles. The Morgan fingerprint density at radius 2 is 1.83 bits per heavy atom. The van der Waals surface area contributed by atoms with Crippen LogP contribution in [0.5, 0.6) is 5.75 Å². The van der Waals surface area contributed by atoms with Crippen LogP contribution < -0.4 is 10.6 Å². The molecule has 1 aliphatic heterocycles. The highest BCUT2D eigenvalue weighted by Gasteiger charge is 2.48. The lowest BCUT2D eigenvalue weighted by atomic mass is 9.62. The summed E-state index contributed by atoms with van der Waals surface area (Å²) in [7, 11) is 0. The molecule has 230 valence electrons. The third-order valence-electron chi connectivity index (χ3n) is 9.10. The van der Waals surface area contributed by atoms with Crippen LogP contribution in [0.25, 0.3) is 0 Å². The lowest BCUT2D eigenvalue weighted by Gasteiger charge is -2.53. The summed E-state index contributed by atoms with van der Waals surface area (Å²) in [5, 5.41) is 28.2. The van der Waals surface area contributed by atoms with Gasteiger partial charge in [-0.1, -0.05) is 51.0 Å². The van der Waals surface area contributed by atoms with Crippen molar-refractivity contribution in [3.05, 3.63) is 59.7 Å². The first-order chi connectivity index (χ1) is 19.8. The monoisotopic (exact) mass is 595 g/mol. The second kappa shape index (κ2) is 13.4. The smallest absolute Gasteiger partial charge is 0.252 e. The number of phenolic OH excluding ortho intramolecular Hbond substituents is 1. The number of nitrogens with one attached hydrogen (secondary N) is 2. The Morgan fingerprint density at radius 1 is 1.12 bits per heavy atom. The van der Waals surface area contributed by atoms with Crippen LogP contribution in [0.15, 0.2) is 53.4 Å². The van der Waals surface area contributed by atoms with Crippen molar-refractivity contribution in [1.29, 1.82) is 0 Å². The average molecular weight is 596 g/mol. The van der Waals surface area contributed by atoms with Crippen molar-refractivity contribution in [1.82, 2.24) is 15.5 Å². The van der Waals surface area contributed by atoms with Crippen molar-refractivity contribution in [2.45, 2.75) is 108 Å². The number of aliphatic hydroxyl groups is 1. The molecule has 0 bridgehead atoms. The average Bonchev–Trinajstić information content (AvgIpc) is 2.91. The van der Waals surface area contributed by atoms with E-state index >= 15 is 0 Å². The standard InChI is InChI=1S/C34H49N3O4S/c1-22-26(16-12-17-28(22)38)31(40)35-30(23(2)42-25-14-8-7-9-15-25)29(39)20-37-21-34(6)18-11-10-13-24(34)19-27(37)32(41)36-33(3,4)5/h7-9,12,14-17,23-24,27,29-30,38-39H,10-11,13,18-21H2,1-6H3,(H,35,40)(H,36,41)/t23-,24-,27-,29+,30-,34+/m0/s1. The molecule has 4 rings (SSSR count). The zero-order valence-corrected chi connectivity index (χ0v) is 26.8. The van der Waals surface area contributed by atoms with Gasteiger partial charge in [0.1, 0.15) is 5.75 Å². The number of aromatic hydroxyl groups is 1. The maximum atomic E-state index is 13.6. The molecule has 2 aliphatic rings. The second-order valence-corrected chi connectivity index (χ2v) is 15.1. The van der Waals surface area contributed by atoms with Crippen LogP contribution in [0.1, 0.15) is 82.6 Å². The topological polar surface area (TPSA) is 102 Å². The van der Waals surface area contributed by atoms with Gasteiger partial charge in [0.05, 0.1) is 18.2 Å². The number of hydrogen-bond donors (Lipinski definition) is 4. The van der Waals surface area contributed by atoms with Crippen molar-refractivity contribution in [3.8, 4) is 5.75 Å². The van der Waals surface area contributed by atoms with E-state index in [4.69, 9.17) is 0 Å². The van der Waals surface area contributed by atoms with Crippen LogP contribution in [-0.4, -0.2) is 69.0 Å². The number of amides is 2. The fraction of sp³-hybridized carbons (Fsp3) is 0.588. The third-order valence-corrected chi connectivity index (χ3v) is 10.3. The summed E-state index contributed by atoms with van der Waals surface area (Å²) in [5.41, 5.74) is 0.614. The van der Waals surface area contributed by atoms with Gasteiger partial charge in [0.15, 0.2) is 0 Å². The van der Waals surface area contributed by atoms with E-state index < -0.39 is 12.1 Å². The van der Waals surface area contributed by atoms with Gasteiger partial charge < -0.3 is 20.8 Å². The summed E-state index contributed by atoms with van der Waals surface area (Å²) in [4.78, 5) is 30.4. The van der Waals surface area contributed by atoms with Gasteiger partial charge in [-0.2, -0.15) is 0 Å².